The third-order valence-electron chi connectivity index (χ3n) is 3.51. The topological polar surface area (TPSA) is 35.5 Å². The second kappa shape index (κ2) is 6.55. The standard InChI is InChI=1S/C14H21BrN2O/c1-2-3-13(17-8-6-16-7-9-17)11-4-5-14(18)12(15)10-11/h4-5,10,13,16,18H,2-3,6-9H2,1H3/t13-/m1/s1. The maximum atomic E-state index is 9.60. The highest BCUT2D eigenvalue weighted by molar-refractivity contribution is 9.10. The van der Waals surface area contributed by atoms with Crippen LogP contribution in [0, 0.1) is 0 Å². The zero-order chi connectivity index (χ0) is 13.0. The molecule has 4 heteroatoms. The molecular formula is C14H21BrN2O. The number of hydrogen-bond acceptors (Lipinski definition) is 3. The number of phenolic OH excluding ortho intramolecular Hbond substituents is 1. The van der Waals surface area contributed by atoms with Gasteiger partial charge in [0.25, 0.3) is 0 Å². The predicted molar refractivity (Wildman–Crippen MR) is 77.9 cm³/mol. The molecule has 1 aromatic carbocycles. The van der Waals surface area contributed by atoms with E-state index in [1.54, 1.807) is 6.07 Å². The molecule has 1 saturated heterocycles. The molecule has 2 rings (SSSR count). The fourth-order valence-electron chi connectivity index (χ4n) is 2.56. The Morgan fingerprint density at radius 2 is 2.11 bits per heavy atom. The van der Waals surface area contributed by atoms with Gasteiger partial charge in [-0.1, -0.05) is 19.4 Å². The average molecular weight is 313 g/mol. The molecule has 0 aliphatic carbocycles. The minimum absolute atomic E-state index is 0.314. The molecule has 0 bridgehead atoms. The van der Waals surface area contributed by atoms with Crippen LogP contribution in [0.15, 0.2) is 22.7 Å². The lowest BCUT2D eigenvalue weighted by atomic mass is 10.00. The smallest absolute Gasteiger partial charge is 0.129 e. The van der Waals surface area contributed by atoms with Crippen LogP contribution in [0.25, 0.3) is 0 Å². The molecule has 1 aromatic rings. The van der Waals surface area contributed by atoms with Gasteiger partial charge < -0.3 is 10.4 Å². The van der Waals surface area contributed by atoms with Crippen molar-refractivity contribution in [1.82, 2.24) is 10.2 Å². The van der Waals surface area contributed by atoms with E-state index >= 15 is 0 Å². The summed E-state index contributed by atoms with van der Waals surface area (Å²) in [6, 6.07) is 6.35. The molecule has 0 radical (unpaired) electrons. The van der Waals surface area contributed by atoms with Gasteiger partial charge in [-0.3, -0.25) is 4.90 Å². The number of rotatable bonds is 4. The van der Waals surface area contributed by atoms with Gasteiger partial charge in [-0.2, -0.15) is 0 Å². The largest absolute Gasteiger partial charge is 0.507 e. The van der Waals surface area contributed by atoms with Gasteiger partial charge in [0.05, 0.1) is 4.47 Å². The number of benzene rings is 1. The quantitative estimate of drug-likeness (QED) is 0.897. The first-order valence-corrected chi connectivity index (χ1v) is 7.45. The Kier molecular flexibility index (Phi) is 5.03. The summed E-state index contributed by atoms with van der Waals surface area (Å²) in [4.78, 5) is 2.54. The number of piperazine rings is 1. The van der Waals surface area contributed by atoms with Gasteiger partial charge in [-0.25, -0.2) is 0 Å². The van der Waals surface area contributed by atoms with Crippen molar-refractivity contribution in [3.8, 4) is 5.75 Å². The lowest BCUT2D eigenvalue weighted by Gasteiger charge is -2.35. The number of aromatic hydroxyl groups is 1. The Labute approximate surface area is 117 Å². The van der Waals surface area contributed by atoms with Crippen molar-refractivity contribution >= 4 is 15.9 Å². The summed E-state index contributed by atoms with van der Waals surface area (Å²) >= 11 is 3.41. The van der Waals surface area contributed by atoms with Gasteiger partial charge in [-0.05, 0) is 40.0 Å². The summed E-state index contributed by atoms with van der Waals surface area (Å²) in [5.41, 5.74) is 1.29. The lowest BCUT2D eigenvalue weighted by molar-refractivity contribution is 0.164. The Hall–Kier alpha value is -0.580. The molecule has 0 aromatic heterocycles. The van der Waals surface area contributed by atoms with E-state index in [0.717, 1.165) is 37.1 Å². The summed E-state index contributed by atoms with van der Waals surface area (Å²) in [6.07, 6.45) is 2.34. The molecule has 1 aliphatic heterocycles. The molecule has 100 valence electrons. The van der Waals surface area contributed by atoms with Gasteiger partial charge >= 0.3 is 0 Å². The highest BCUT2D eigenvalue weighted by Gasteiger charge is 2.21. The molecular weight excluding hydrogens is 292 g/mol. The van der Waals surface area contributed by atoms with Gasteiger partial charge in [-0.15, -0.1) is 0 Å². The highest BCUT2D eigenvalue weighted by Crippen LogP contribution is 2.32. The van der Waals surface area contributed by atoms with Gasteiger partial charge in [0, 0.05) is 32.2 Å². The number of halogens is 1. The average Bonchev–Trinajstić information content (AvgIpc) is 2.40. The fraction of sp³-hybridized carbons (Fsp3) is 0.571. The molecule has 0 saturated carbocycles. The van der Waals surface area contributed by atoms with Gasteiger partial charge in [0.2, 0.25) is 0 Å². The van der Waals surface area contributed by atoms with Crippen LogP contribution >= 0.6 is 15.9 Å². The Bertz CT molecular complexity index is 391. The minimum Gasteiger partial charge on any atom is -0.507 e. The number of hydrogen-bond donors (Lipinski definition) is 2. The van der Waals surface area contributed by atoms with Crippen LogP contribution in [0.2, 0.25) is 0 Å². The summed E-state index contributed by atoms with van der Waals surface area (Å²) in [5.74, 6) is 0.314. The van der Waals surface area contributed by atoms with E-state index < -0.39 is 0 Å². The fourth-order valence-corrected chi connectivity index (χ4v) is 2.95. The third-order valence-corrected chi connectivity index (χ3v) is 4.15. The van der Waals surface area contributed by atoms with E-state index in [0.29, 0.717) is 11.8 Å². The zero-order valence-electron chi connectivity index (χ0n) is 10.8. The molecule has 0 spiro atoms. The van der Waals surface area contributed by atoms with Crippen molar-refractivity contribution in [1.29, 1.82) is 0 Å². The van der Waals surface area contributed by atoms with Gasteiger partial charge in [0.15, 0.2) is 0 Å². The SMILES string of the molecule is CCC[C@H](c1ccc(O)c(Br)c1)N1CCNCC1. The molecule has 0 amide bonds. The molecule has 1 fully saturated rings. The summed E-state index contributed by atoms with van der Waals surface area (Å²) in [5, 5.41) is 13.0. The maximum absolute atomic E-state index is 9.60. The van der Waals surface area contributed by atoms with Crippen molar-refractivity contribution in [3.05, 3.63) is 28.2 Å². The lowest BCUT2D eigenvalue weighted by Crippen LogP contribution is -2.45. The van der Waals surface area contributed by atoms with Crippen molar-refractivity contribution in [2.75, 3.05) is 26.2 Å². The number of phenols is 1. The van der Waals surface area contributed by atoms with Crippen LogP contribution in [0.1, 0.15) is 31.4 Å². The van der Waals surface area contributed by atoms with Gasteiger partial charge in [0.1, 0.15) is 5.75 Å². The van der Waals surface area contributed by atoms with E-state index in [1.165, 1.54) is 12.0 Å². The predicted octanol–water partition coefficient (Wildman–Crippen LogP) is 2.90. The zero-order valence-corrected chi connectivity index (χ0v) is 12.4. The van der Waals surface area contributed by atoms with E-state index in [2.05, 4.69) is 39.1 Å². The minimum atomic E-state index is 0.314. The normalized spacial score (nSPS) is 18.8. The van der Waals surface area contributed by atoms with E-state index in [1.807, 2.05) is 6.07 Å². The third kappa shape index (κ3) is 3.25. The number of nitrogens with zero attached hydrogens (tertiary/aromatic N) is 1. The molecule has 1 heterocycles. The Balaban J connectivity index is 2.19. The molecule has 18 heavy (non-hydrogen) atoms. The van der Waals surface area contributed by atoms with Crippen LogP contribution in [-0.4, -0.2) is 36.2 Å². The second-order valence-corrected chi connectivity index (χ2v) is 5.66. The molecule has 3 nitrogen and oxygen atoms in total. The Morgan fingerprint density at radius 1 is 1.39 bits per heavy atom. The molecule has 0 unspecified atom stereocenters. The monoisotopic (exact) mass is 312 g/mol. The van der Waals surface area contributed by atoms with E-state index in [4.69, 9.17) is 0 Å². The molecule has 2 N–H and O–H groups in total. The summed E-state index contributed by atoms with van der Waals surface area (Å²) in [6.45, 7) is 6.57. The van der Waals surface area contributed by atoms with Crippen molar-refractivity contribution < 1.29 is 5.11 Å². The van der Waals surface area contributed by atoms with Crippen molar-refractivity contribution in [3.63, 3.8) is 0 Å². The second-order valence-electron chi connectivity index (χ2n) is 4.80. The van der Waals surface area contributed by atoms with Crippen molar-refractivity contribution in [2.24, 2.45) is 0 Å². The van der Waals surface area contributed by atoms with E-state index in [-0.39, 0.29) is 0 Å². The highest BCUT2D eigenvalue weighted by atomic mass is 79.9. The first-order chi connectivity index (χ1) is 8.72. The molecule has 1 aliphatic rings. The first kappa shape index (κ1) is 13.8. The number of nitrogens with one attached hydrogen (secondary N) is 1. The summed E-state index contributed by atoms with van der Waals surface area (Å²) in [7, 11) is 0. The maximum Gasteiger partial charge on any atom is 0.129 e. The van der Waals surface area contributed by atoms with Crippen LogP contribution < -0.4 is 5.32 Å². The summed E-state index contributed by atoms with van der Waals surface area (Å²) < 4.78 is 0.788. The Morgan fingerprint density at radius 3 is 2.72 bits per heavy atom. The first-order valence-electron chi connectivity index (χ1n) is 6.65. The van der Waals surface area contributed by atoms with Crippen LogP contribution in [0.5, 0.6) is 5.75 Å². The van der Waals surface area contributed by atoms with Crippen LogP contribution in [0.4, 0.5) is 0 Å². The molecule has 1 atom stereocenters. The van der Waals surface area contributed by atoms with E-state index in [9.17, 15) is 5.11 Å². The van der Waals surface area contributed by atoms with Crippen molar-refractivity contribution in [2.45, 2.75) is 25.8 Å². The van der Waals surface area contributed by atoms with Crippen LogP contribution in [-0.2, 0) is 0 Å². The van der Waals surface area contributed by atoms with Crippen LogP contribution in [0.3, 0.4) is 0 Å².